The molecule has 5 nitrogen and oxygen atoms in total. The Morgan fingerprint density at radius 1 is 1.33 bits per heavy atom. The molecule has 1 unspecified atom stereocenters. The molecule has 6 heteroatoms. The molecule has 1 aliphatic carbocycles. The number of pyridine rings is 1. The van der Waals surface area contributed by atoms with Gasteiger partial charge in [-0.05, 0) is 37.3 Å². The fourth-order valence-corrected chi connectivity index (χ4v) is 4.63. The maximum atomic E-state index is 12.6. The Balaban J connectivity index is 2.18. The summed E-state index contributed by atoms with van der Waals surface area (Å²) in [5, 5.41) is 2.98. The Bertz CT molecular complexity index is 554. The number of rotatable bonds is 6. The van der Waals surface area contributed by atoms with Gasteiger partial charge in [-0.2, -0.15) is 0 Å². The SMILES string of the molecule is CCC(NS(=O)(=O)c1ncccc1NC)C1CCCCC1. The zero-order chi connectivity index (χ0) is 15.3. The van der Waals surface area contributed by atoms with Crippen molar-refractivity contribution in [2.24, 2.45) is 5.92 Å². The summed E-state index contributed by atoms with van der Waals surface area (Å²) in [5.74, 6) is 0.445. The van der Waals surface area contributed by atoms with E-state index in [4.69, 9.17) is 0 Å². The molecule has 0 saturated heterocycles. The van der Waals surface area contributed by atoms with Crippen LogP contribution in [0, 0.1) is 5.92 Å². The van der Waals surface area contributed by atoms with E-state index in [-0.39, 0.29) is 11.1 Å². The van der Waals surface area contributed by atoms with Gasteiger partial charge in [-0.15, -0.1) is 0 Å². The second kappa shape index (κ2) is 7.22. The summed E-state index contributed by atoms with van der Waals surface area (Å²) in [6.07, 6.45) is 8.22. The first-order chi connectivity index (χ1) is 10.1. The highest BCUT2D eigenvalue weighted by atomic mass is 32.2. The molecule has 1 aromatic heterocycles. The minimum absolute atomic E-state index is 0.00186. The number of anilines is 1. The first-order valence-electron chi connectivity index (χ1n) is 7.73. The molecule has 2 N–H and O–H groups in total. The van der Waals surface area contributed by atoms with E-state index in [1.54, 1.807) is 19.2 Å². The maximum Gasteiger partial charge on any atom is 0.260 e. The Morgan fingerprint density at radius 2 is 2.05 bits per heavy atom. The summed E-state index contributed by atoms with van der Waals surface area (Å²) in [6, 6.07) is 3.45. The summed E-state index contributed by atoms with van der Waals surface area (Å²) >= 11 is 0. The molecule has 118 valence electrons. The Morgan fingerprint density at radius 3 is 2.67 bits per heavy atom. The van der Waals surface area contributed by atoms with Crippen LogP contribution >= 0.6 is 0 Å². The normalized spacial score (nSPS) is 18.4. The summed E-state index contributed by atoms with van der Waals surface area (Å²) in [6.45, 7) is 2.04. The minimum Gasteiger partial charge on any atom is -0.386 e. The van der Waals surface area contributed by atoms with E-state index in [9.17, 15) is 8.42 Å². The monoisotopic (exact) mass is 311 g/mol. The summed E-state index contributed by atoms with van der Waals surface area (Å²) < 4.78 is 28.1. The number of sulfonamides is 1. The van der Waals surface area contributed by atoms with Gasteiger partial charge in [0.2, 0.25) is 0 Å². The van der Waals surface area contributed by atoms with Crippen LogP contribution in [-0.4, -0.2) is 26.5 Å². The number of nitrogens with zero attached hydrogens (tertiary/aromatic N) is 1. The summed E-state index contributed by atoms with van der Waals surface area (Å²) in [4.78, 5) is 4.04. The standard InChI is InChI=1S/C15H25N3O2S/c1-3-13(12-8-5-4-6-9-12)18-21(19,20)15-14(16-2)10-7-11-17-15/h7,10-13,16,18H,3-6,8-9H2,1-2H3. The minimum atomic E-state index is -3.59. The van der Waals surface area contributed by atoms with Gasteiger partial charge < -0.3 is 5.32 Å². The molecule has 1 atom stereocenters. The van der Waals surface area contributed by atoms with E-state index in [1.807, 2.05) is 6.92 Å². The molecule has 2 rings (SSSR count). The maximum absolute atomic E-state index is 12.6. The third-order valence-electron chi connectivity index (χ3n) is 4.26. The van der Waals surface area contributed by atoms with Crippen LogP contribution in [0.2, 0.25) is 0 Å². The Labute approximate surface area is 127 Å². The molecule has 0 aromatic carbocycles. The lowest BCUT2D eigenvalue weighted by atomic mass is 9.83. The molecule has 1 saturated carbocycles. The van der Waals surface area contributed by atoms with Gasteiger partial charge in [-0.3, -0.25) is 0 Å². The van der Waals surface area contributed by atoms with Gasteiger partial charge in [0.05, 0.1) is 5.69 Å². The lowest BCUT2D eigenvalue weighted by molar-refractivity contribution is 0.285. The molecular formula is C15H25N3O2S. The van der Waals surface area contributed by atoms with Crippen LogP contribution in [0.5, 0.6) is 0 Å². The first-order valence-corrected chi connectivity index (χ1v) is 9.22. The summed E-state index contributed by atoms with van der Waals surface area (Å²) in [5.41, 5.74) is 0.531. The number of nitrogens with one attached hydrogen (secondary N) is 2. The van der Waals surface area contributed by atoms with E-state index < -0.39 is 10.0 Å². The number of hydrogen-bond donors (Lipinski definition) is 2. The van der Waals surface area contributed by atoms with Crippen LogP contribution in [0.25, 0.3) is 0 Å². The third-order valence-corrected chi connectivity index (χ3v) is 5.71. The predicted molar refractivity (Wildman–Crippen MR) is 84.8 cm³/mol. The molecule has 1 fully saturated rings. The lowest BCUT2D eigenvalue weighted by Gasteiger charge is -2.30. The quantitative estimate of drug-likeness (QED) is 0.847. The molecular weight excluding hydrogens is 286 g/mol. The molecule has 1 heterocycles. The van der Waals surface area contributed by atoms with Crippen molar-refractivity contribution in [2.75, 3.05) is 12.4 Å². The second-order valence-corrected chi connectivity index (χ2v) is 7.27. The average molecular weight is 311 g/mol. The third kappa shape index (κ3) is 3.95. The lowest BCUT2D eigenvalue weighted by Crippen LogP contribution is -2.41. The van der Waals surface area contributed by atoms with E-state index >= 15 is 0 Å². The summed E-state index contributed by atoms with van der Waals surface area (Å²) in [7, 11) is -1.88. The van der Waals surface area contributed by atoms with Crippen LogP contribution in [0.3, 0.4) is 0 Å². The van der Waals surface area contributed by atoms with Crippen molar-refractivity contribution in [1.82, 2.24) is 9.71 Å². The topological polar surface area (TPSA) is 71.1 Å². The second-order valence-electron chi connectivity index (χ2n) is 5.64. The zero-order valence-electron chi connectivity index (χ0n) is 12.8. The molecule has 0 aliphatic heterocycles. The van der Waals surface area contributed by atoms with Gasteiger partial charge in [0, 0.05) is 19.3 Å². The zero-order valence-corrected chi connectivity index (χ0v) is 13.6. The highest BCUT2D eigenvalue weighted by Crippen LogP contribution is 2.29. The van der Waals surface area contributed by atoms with Gasteiger partial charge in [0.1, 0.15) is 0 Å². The van der Waals surface area contributed by atoms with Gasteiger partial charge in [0.25, 0.3) is 10.0 Å². The van der Waals surface area contributed by atoms with Crippen molar-refractivity contribution in [3.63, 3.8) is 0 Å². The van der Waals surface area contributed by atoms with Gasteiger partial charge in [0.15, 0.2) is 5.03 Å². The van der Waals surface area contributed by atoms with Crippen LogP contribution in [-0.2, 0) is 10.0 Å². The van der Waals surface area contributed by atoms with Crippen molar-refractivity contribution in [3.8, 4) is 0 Å². The van der Waals surface area contributed by atoms with Crippen molar-refractivity contribution in [3.05, 3.63) is 18.3 Å². The molecule has 0 amide bonds. The van der Waals surface area contributed by atoms with Gasteiger partial charge >= 0.3 is 0 Å². The first kappa shape index (κ1) is 16.2. The molecule has 1 aromatic rings. The predicted octanol–water partition coefficient (Wildman–Crippen LogP) is 2.76. The van der Waals surface area contributed by atoms with Crippen LogP contribution in [0.15, 0.2) is 23.4 Å². The molecule has 0 bridgehead atoms. The molecule has 0 spiro atoms. The van der Waals surface area contributed by atoms with Gasteiger partial charge in [-0.1, -0.05) is 26.2 Å². The fourth-order valence-electron chi connectivity index (χ4n) is 3.10. The molecule has 1 aliphatic rings. The fraction of sp³-hybridized carbons (Fsp3) is 0.667. The van der Waals surface area contributed by atoms with E-state index in [2.05, 4.69) is 15.0 Å². The van der Waals surface area contributed by atoms with Crippen molar-refractivity contribution >= 4 is 15.7 Å². The van der Waals surface area contributed by atoms with E-state index in [1.165, 1.54) is 25.5 Å². The van der Waals surface area contributed by atoms with E-state index in [0.29, 0.717) is 11.6 Å². The Hall–Kier alpha value is -1.14. The molecule has 0 radical (unpaired) electrons. The van der Waals surface area contributed by atoms with Crippen LogP contribution in [0.1, 0.15) is 45.4 Å². The largest absolute Gasteiger partial charge is 0.386 e. The number of aromatic nitrogens is 1. The average Bonchev–Trinajstić information content (AvgIpc) is 2.53. The smallest absolute Gasteiger partial charge is 0.260 e. The Kier molecular flexibility index (Phi) is 5.58. The highest BCUT2D eigenvalue weighted by molar-refractivity contribution is 7.89. The van der Waals surface area contributed by atoms with Crippen molar-refractivity contribution < 1.29 is 8.42 Å². The van der Waals surface area contributed by atoms with Crippen molar-refractivity contribution in [1.29, 1.82) is 0 Å². The van der Waals surface area contributed by atoms with Crippen LogP contribution in [0.4, 0.5) is 5.69 Å². The molecule has 21 heavy (non-hydrogen) atoms. The van der Waals surface area contributed by atoms with Gasteiger partial charge in [-0.25, -0.2) is 18.1 Å². The van der Waals surface area contributed by atoms with Crippen LogP contribution < -0.4 is 10.0 Å². The number of hydrogen-bond acceptors (Lipinski definition) is 4. The van der Waals surface area contributed by atoms with Crippen molar-refractivity contribution in [2.45, 2.75) is 56.5 Å². The highest BCUT2D eigenvalue weighted by Gasteiger charge is 2.28. The van der Waals surface area contributed by atoms with E-state index in [0.717, 1.165) is 19.3 Å².